The maximum atomic E-state index is 16.4. The van der Waals surface area contributed by atoms with Gasteiger partial charge in [-0.15, -0.1) is 0 Å². The predicted octanol–water partition coefficient (Wildman–Crippen LogP) is 4.83. The molecule has 5 heterocycles. The van der Waals surface area contributed by atoms with Gasteiger partial charge in [0.1, 0.15) is 41.7 Å². The minimum Gasteiger partial charge on any atom is -0.508 e. The second-order valence-corrected chi connectivity index (χ2v) is 13.4. The van der Waals surface area contributed by atoms with Gasteiger partial charge in [0.25, 0.3) is 11.6 Å². The van der Waals surface area contributed by atoms with Gasteiger partial charge in [-0.2, -0.15) is 4.98 Å². The van der Waals surface area contributed by atoms with Crippen molar-refractivity contribution in [2.75, 3.05) is 39.4 Å². The molecule has 3 aliphatic rings. The molecule has 0 bridgehead atoms. The minimum absolute atomic E-state index is 0.00253. The highest BCUT2D eigenvalue weighted by atomic mass is 19.1. The molecule has 0 saturated carbocycles. The van der Waals surface area contributed by atoms with Gasteiger partial charge < -0.3 is 25.2 Å². The van der Waals surface area contributed by atoms with Crippen LogP contribution in [0.2, 0.25) is 0 Å². The van der Waals surface area contributed by atoms with Crippen LogP contribution in [-0.2, 0) is 11.2 Å². The molecule has 2 aromatic carbocycles. The molecule has 0 aliphatic carbocycles. The molecule has 0 radical (unpaired) electrons. The number of aromatic hydroxyl groups is 1. The lowest BCUT2D eigenvalue weighted by Gasteiger charge is -2.36. The van der Waals surface area contributed by atoms with E-state index in [1.54, 1.807) is 0 Å². The van der Waals surface area contributed by atoms with Gasteiger partial charge in [0.2, 0.25) is 0 Å². The van der Waals surface area contributed by atoms with Gasteiger partial charge >= 0.3 is 6.09 Å². The number of H-pyrrole nitrogens is 1. The van der Waals surface area contributed by atoms with E-state index < -0.39 is 60.0 Å². The van der Waals surface area contributed by atoms with Crippen LogP contribution in [0.15, 0.2) is 35.3 Å². The van der Waals surface area contributed by atoms with Crippen molar-refractivity contribution < 1.29 is 41.0 Å². The molecule has 4 atom stereocenters. The highest BCUT2D eigenvalue weighted by Gasteiger charge is 2.49. The molecule has 0 spiro atoms. The topological polar surface area (TPSA) is 142 Å². The second-order valence-electron chi connectivity index (χ2n) is 13.4. The fraction of sp³-hybridized carbons (Fsp3) is 0.486. The van der Waals surface area contributed by atoms with Crippen LogP contribution in [0.1, 0.15) is 48.6 Å². The zero-order valence-corrected chi connectivity index (χ0v) is 27.0. The van der Waals surface area contributed by atoms with Crippen molar-refractivity contribution in [1.82, 2.24) is 30.5 Å². The van der Waals surface area contributed by atoms with Gasteiger partial charge in [0.05, 0.1) is 23.1 Å². The number of hydrogen-bond donors (Lipinski definition) is 4. The van der Waals surface area contributed by atoms with Crippen molar-refractivity contribution >= 4 is 27.8 Å². The number of rotatable bonds is 9. The van der Waals surface area contributed by atoms with E-state index in [4.69, 9.17) is 13.6 Å². The van der Waals surface area contributed by atoms with Gasteiger partial charge in [-0.3, -0.25) is 19.7 Å². The van der Waals surface area contributed by atoms with Crippen LogP contribution in [-0.4, -0.2) is 93.9 Å². The highest BCUT2D eigenvalue weighted by Crippen LogP contribution is 2.41. The molecule has 1 amide bonds. The number of alkyl carbamates (subject to hydrolysis) is 1. The van der Waals surface area contributed by atoms with E-state index in [0.717, 1.165) is 19.2 Å². The summed E-state index contributed by atoms with van der Waals surface area (Å²) in [4.78, 5) is 38.6. The van der Waals surface area contributed by atoms with Crippen LogP contribution in [0.5, 0.6) is 11.8 Å². The van der Waals surface area contributed by atoms with Crippen LogP contribution in [0.4, 0.5) is 22.4 Å². The zero-order chi connectivity index (χ0) is 37.7. The third-order valence-electron chi connectivity index (χ3n) is 9.83. The Bertz CT molecular complexity index is 2130. The van der Waals surface area contributed by atoms with Crippen molar-refractivity contribution in [3.63, 3.8) is 0 Å². The van der Waals surface area contributed by atoms with Gasteiger partial charge in [-0.05, 0) is 73.6 Å². The van der Waals surface area contributed by atoms with Crippen molar-refractivity contribution in [2.24, 2.45) is 0 Å². The van der Waals surface area contributed by atoms with Crippen LogP contribution in [0.25, 0.3) is 32.9 Å². The number of phenolic OH excluding ortho intramolecular Hbond substituents is 1. The highest BCUT2D eigenvalue weighted by molar-refractivity contribution is 6.01. The number of amides is 1. The minimum atomic E-state index is -2.73. The molecule has 11 nitrogen and oxygen atoms in total. The van der Waals surface area contributed by atoms with Gasteiger partial charge in [0.15, 0.2) is 5.82 Å². The molecular weight excluding hydrogens is 660 g/mol. The number of piperidine rings is 1. The molecule has 15 heteroatoms. The standard InChI is InChI=1S/C35H38F4N6O5/c1-34(12-20(36)14-40-17-34)44-33(48)49-9-2-4-23-26(38)6-5-19-10-22(46)11-24(27(19)23)29-28(39)30-25(15-41-29)31(47)43-32(42-30)50-18-35-7-3-8-45(35)16-21(37)13-35/h5-6,10-11,15,20-21,40,46H,2-4,7-9,12-14,16-18H2,1H3,(H,44,48)(H,42,43,47)/t20?,21-,34?,35+/m1/s1/i1D3. The Morgan fingerprint density at radius 1 is 1.24 bits per heavy atom. The summed E-state index contributed by atoms with van der Waals surface area (Å²) in [7, 11) is 0. The molecule has 50 heavy (non-hydrogen) atoms. The SMILES string of the molecule is [2H]C([2H])([2H])C1(NC(=O)OCCCc2c(F)ccc3cc(O)cc(-c4ncc5c(=O)[nH]c(OC[C@@]67CCCN6C[C@H](F)C7)nc5c4F)c23)CNCC(F)C1. The lowest BCUT2D eigenvalue weighted by atomic mass is 9.91. The number of fused-ring (bicyclic) bond motifs is 3. The lowest BCUT2D eigenvalue weighted by molar-refractivity contribution is 0.107. The molecule has 3 aliphatic heterocycles. The summed E-state index contributed by atoms with van der Waals surface area (Å²) < 4.78 is 95.1. The van der Waals surface area contributed by atoms with Crippen molar-refractivity contribution in [3.05, 3.63) is 58.0 Å². The van der Waals surface area contributed by atoms with Crippen molar-refractivity contribution in [1.29, 1.82) is 0 Å². The number of halogens is 4. The molecule has 3 fully saturated rings. The zero-order valence-electron chi connectivity index (χ0n) is 30.0. The summed E-state index contributed by atoms with van der Waals surface area (Å²) in [5.74, 6) is -1.97. The van der Waals surface area contributed by atoms with Crippen LogP contribution in [0, 0.1) is 11.6 Å². The van der Waals surface area contributed by atoms with Crippen LogP contribution in [0.3, 0.4) is 0 Å². The van der Waals surface area contributed by atoms with Gasteiger partial charge in [-0.1, -0.05) is 6.07 Å². The van der Waals surface area contributed by atoms with Gasteiger partial charge in [-0.25, -0.2) is 22.4 Å². The van der Waals surface area contributed by atoms with Crippen molar-refractivity contribution in [2.45, 2.75) is 68.8 Å². The quantitative estimate of drug-likeness (QED) is 0.143. The molecule has 4 aromatic rings. The third-order valence-corrected chi connectivity index (χ3v) is 9.83. The number of aryl methyl sites for hydroxylation is 1. The van der Waals surface area contributed by atoms with E-state index in [0.29, 0.717) is 18.4 Å². The fourth-order valence-electron chi connectivity index (χ4n) is 7.59. The molecule has 3 saturated heterocycles. The Labute approximate surface area is 288 Å². The maximum absolute atomic E-state index is 16.4. The van der Waals surface area contributed by atoms with E-state index >= 15 is 8.78 Å². The summed E-state index contributed by atoms with van der Waals surface area (Å²) >= 11 is 0. The predicted molar refractivity (Wildman–Crippen MR) is 177 cm³/mol. The molecule has 2 aromatic heterocycles. The number of phenols is 1. The lowest BCUT2D eigenvalue weighted by Crippen LogP contribution is -2.58. The Hall–Kier alpha value is -4.50. The van der Waals surface area contributed by atoms with E-state index in [9.17, 15) is 23.5 Å². The number of aromatic amines is 1. The summed E-state index contributed by atoms with van der Waals surface area (Å²) in [5, 5.41) is 15.9. The Morgan fingerprint density at radius 3 is 2.92 bits per heavy atom. The maximum Gasteiger partial charge on any atom is 0.407 e. The number of nitrogens with zero attached hydrogens (tertiary/aromatic N) is 3. The van der Waals surface area contributed by atoms with E-state index in [2.05, 4.69) is 25.6 Å². The number of ether oxygens (including phenoxy) is 2. The summed E-state index contributed by atoms with van der Waals surface area (Å²) in [6, 6.07) is 4.89. The Balaban J connectivity index is 1.14. The average Bonchev–Trinajstić information content (AvgIpc) is 3.62. The molecule has 4 N–H and O–H groups in total. The number of pyridine rings is 1. The Kier molecular flexibility index (Phi) is 8.08. The van der Waals surface area contributed by atoms with Gasteiger partial charge in [0, 0.05) is 48.3 Å². The van der Waals surface area contributed by atoms with Crippen molar-refractivity contribution in [3.8, 4) is 23.0 Å². The molecule has 266 valence electrons. The van der Waals surface area contributed by atoms with Crippen LogP contribution >= 0.6 is 0 Å². The summed E-state index contributed by atoms with van der Waals surface area (Å²) in [6.45, 7) is -2.17. The number of nitrogens with one attached hydrogen (secondary N) is 3. The number of carbonyl (C=O) groups excluding carboxylic acids is 1. The summed E-state index contributed by atoms with van der Waals surface area (Å²) in [6.07, 6.45) is -1.03. The number of aromatic nitrogens is 3. The van der Waals surface area contributed by atoms with E-state index in [-0.39, 0.29) is 90.4 Å². The molecule has 7 rings (SSSR count). The average molecular weight is 702 g/mol. The first-order valence-corrected chi connectivity index (χ1v) is 16.5. The first-order valence-electron chi connectivity index (χ1n) is 18.0. The fourth-order valence-corrected chi connectivity index (χ4v) is 7.59. The molecule has 2 unspecified atom stereocenters. The normalized spacial score (nSPS) is 26.4. The monoisotopic (exact) mass is 701 g/mol. The summed E-state index contributed by atoms with van der Waals surface area (Å²) in [5.41, 5.74) is -3.76. The smallest absolute Gasteiger partial charge is 0.407 e. The number of carbonyl (C=O) groups is 1. The second kappa shape index (κ2) is 13.3. The Morgan fingerprint density at radius 2 is 2.10 bits per heavy atom. The van der Waals surface area contributed by atoms with E-state index in [1.165, 1.54) is 24.3 Å². The van der Waals surface area contributed by atoms with E-state index in [1.807, 2.05) is 4.90 Å². The first kappa shape index (κ1) is 30.3. The molecular formula is C35H38F4N6O5. The largest absolute Gasteiger partial charge is 0.508 e. The number of hydrogen-bond acceptors (Lipinski definition) is 9. The van der Waals surface area contributed by atoms with Crippen LogP contribution < -0.4 is 20.9 Å². The number of benzene rings is 2. The third kappa shape index (κ3) is 6.55. The first-order chi connectivity index (χ1) is 25.2. The number of alkyl halides is 2.